The van der Waals surface area contributed by atoms with E-state index in [2.05, 4.69) is 0 Å². The summed E-state index contributed by atoms with van der Waals surface area (Å²) in [6.07, 6.45) is 0. The molecule has 92 valence electrons. The van der Waals surface area contributed by atoms with E-state index in [1.165, 1.54) is 0 Å². The van der Waals surface area contributed by atoms with Crippen molar-refractivity contribution in [1.29, 1.82) is 0 Å². The van der Waals surface area contributed by atoms with E-state index >= 15 is 0 Å². The molecule has 0 radical (unpaired) electrons. The van der Waals surface area contributed by atoms with Gasteiger partial charge in [-0.2, -0.15) is 0 Å². The fourth-order valence-corrected chi connectivity index (χ4v) is 1.92. The van der Waals surface area contributed by atoms with Gasteiger partial charge in [0.25, 0.3) is 0 Å². The van der Waals surface area contributed by atoms with Gasteiger partial charge in [0.15, 0.2) is 0 Å². The minimum absolute atomic E-state index is 0. The Morgan fingerprint density at radius 1 is 0.706 bits per heavy atom. The third-order valence-electron chi connectivity index (χ3n) is 3.03. The molecule has 1 rings (SSSR count). The second-order valence-corrected chi connectivity index (χ2v) is 3.82. The zero-order valence-corrected chi connectivity index (χ0v) is 11.1. The Balaban J connectivity index is 0.00000256. The summed E-state index contributed by atoms with van der Waals surface area (Å²) in [4.78, 5) is 21.9. The third kappa shape index (κ3) is 2.51. The molecule has 17 heavy (non-hydrogen) atoms. The Labute approximate surface area is 110 Å². The number of rotatable bonds is 2. The number of aromatic carboxylic acids is 2. The SMILES string of the molecule is Cc1c(C)c(C(=O)[O-])c(C)c(C)c1C(=O)[O-].[Fe+2]. The van der Waals surface area contributed by atoms with Crippen LogP contribution < -0.4 is 10.2 Å². The molecule has 1 aromatic rings. The van der Waals surface area contributed by atoms with Crippen LogP contribution >= 0.6 is 0 Å². The van der Waals surface area contributed by atoms with E-state index in [0.29, 0.717) is 22.3 Å². The zero-order chi connectivity index (χ0) is 12.6. The maximum absolute atomic E-state index is 11.0. The summed E-state index contributed by atoms with van der Waals surface area (Å²) in [6.45, 7) is 6.28. The maximum Gasteiger partial charge on any atom is 2.00 e. The molecule has 0 heterocycles. The first-order valence-electron chi connectivity index (χ1n) is 4.82. The largest absolute Gasteiger partial charge is 2.00 e. The van der Waals surface area contributed by atoms with E-state index in [1.807, 2.05) is 0 Å². The Bertz CT molecular complexity index is 418. The molecule has 0 aliphatic rings. The van der Waals surface area contributed by atoms with Gasteiger partial charge in [0.2, 0.25) is 0 Å². The first-order chi connectivity index (χ1) is 7.29. The molecule has 4 nitrogen and oxygen atoms in total. The molecule has 0 amide bonds. The predicted molar refractivity (Wildman–Crippen MR) is 54.1 cm³/mol. The molecule has 0 aromatic heterocycles. The van der Waals surface area contributed by atoms with Gasteiger partial charge in [0.1, 0.15) is 0 Å². The van der Waals surface area contributed by atoms with Gasteiger partial charge in [0, 0.05) is 11.1 Å². The van der Waals surface area contributed by atoms with Gasteiger partial charge in [-0.15, -0.1) is 0 Å². The summed E-state index contributed by atoms with van der Waals surface area (Å²) in [5.41, 5.74) is 1.81. The summed E-state index contributed by atoms with van der Waals surface area (Å²) < 4.78 is 0. The summed E-state index contributed by atoms with van der Waals surface area (Å²) in [5, 5.41) is 21.9. The molecule has 1 aromatic carbocycles. The van der Waals surface area contributed by atoms with Crippen molar-refractivity contribution in [1.82, 2.24) is 0 Å². The molecule has 0 N–H and O–H groups in total. The minimum atomic E-state index is -1.29. The second kappa shape index (κ2) is 5.34. The average Bonchev–Trinajstić information content (AvgIpc) is 2.14. The molecule has 0 spiro atoms. The van der Waals surface area contributed by atoms with E-state index in [-0.39, 0.29) is 28.2 Å². The first-order valence-corrected chi connectivity index (χ1v) is 4.82. The zero-order valence-electron chi connectivity index (χ0n) is 9.99. The Hall–Kier alpha value is -1.32. The van der Waals surface area contributed by atoms with Crippen molar-refractivity contribution in [3.8, 4) is 0 Å². The second-order valence-electron chi connectivity index (χ2n) is 3.82. The van der Waals surface area contributed by atoms with Crippen LogP contribution in [-0.4, -0.2) is 11.9 Å². The third-order valence-corrected chi connectivity index (χ3v) is 3.03. The molecule has 5 heteroatoms. The Morgan fingerprint density at radius 3 is 1.00 bits per heavy atom. The van der Waals surface area contributed by atoms with Crippen LogP contribution in [0.25, 0.3) is 0 Å². The van der Waals surface area contributed by atoms with Crippen LogP contribution in [0.3, 0.4) is 0 Å². The number of hydrogen-bond acceptors (Lipinski definition) is 4. The molecular weight excluding hydrogens is 264 g/mol. The molecule has 0 bridgehead atoms. The van der Waals surface area contributed by atoms with E-state index in [1.54, 1.807) is 27.7 Å². The van der Waals surface area contributed by atoms with Crippen LogP contribution in [-0.2, 0) is 17.1 Å². The monoisotopic (exact) mass is 276 g/mol. The van der Waals surface area contributed by atoms with Crippen molar-refractivity contribution in [2.24, 2.45) is 0 Å². The Morgan fingerprint density at radius 2 is 0.882 bits per heavy atom. The van der Waals surface area contributed by atoms with Crippen LogP contribution in [0.15, 0.2) is 0 Å². The molecular formula is C12H12FeO4. The summed E-state index contributed by atoms with van der Waals surface area (Å²) in [7, 11) is 0. The van der Waals surface area contributed by atoms with Crippen LogP contribution in [0.1, 0.15) is 43.0 Å². The van der Waals surface area contributed by atoms with Gasteiger partial charge in [-0.05, 0) is 49.9 Å². The number of carbonyl (C=O) groups excluding carboxylic acids is 2. The predicted octanol–water partition coefficient (Wildman–Crippen LogP) is -0.355. The van der Waals surface area contributed by atoms with Crippen molar-refractivity contribution < 1.29 is 36.9 Å². The van der Waals surface area contributed by atoms with Crippen LogP contribution in [0, 0.1) is 27.7 Å². The fourth-order valence-electron chi connectivity index (χ4n) is 1.92. The van der Waals surface area contributed by atoms with Crippen molar-refractivity contribution >= 4 is 11.9 Å². The minimum Gasteiger partial charge on any atom is -0.545 e. The molecule has 0 aliphatic heterocycles. The summed E-state index contributed by atoms with van der Waals surface area (Å²) in [6, 6.07) is 0. The number of benzene rings is 1. The van der Waals surface area contributed by atoms with Gasteiger partial charge in [0.05, 0.1) is 11.9 Å². The molecule has 0 saturated carbocycles. The number of carbonyl (C=O) groups is 2. The molecule has 0 atom stereocenters. The van der Waals surface area contributed by atoms with Gasteiger partial charge >= 0.3 is 17.1 Å². The first kappa shape index (κ1) is 15.7. The standard InChI is InChI=1S/C12H14O4.Fe/c1-5-6(2)10(12(15)16)8(4)7(3)9(5)11(13)14;/h1-4H3,(H,13,14)(H,15,16);/q;+2/p-2. The van der Waals surface area contributed by atoms with Crippen molar-refractivity contribution in [2.75, 3.05) is 0 Å². The summed E-state index contributed by atoms with van der Waals surface area (Å²) >= 11 is 0. The molecule has 0 saturated heterocycles. The van der Waals surface area contributed by atoms with Crippen molar-refractivity contribution in [2.45, 2.75) is 27.7 Å². The van der Waals surface area contributed by atoms with Gasteiger partial charge in [-0.3, -0.25) is 0 Å². The van der Waals surface area contributed by atoms with Gasteiger partial charge < -0.3 is 19.8 Å². The normalized spacial score (nSPS) is 9.65. The van der Waals surface area contributed by atoms with Crippen LogP contribution in [0.5, 0.6) is 0 Å². The number of carboxylic acid groups (broad SMARTS) is 2. The van der Waals surface area contributed by atoms with Crippen LogP contribution in [0.4, 0.5) is 0 Å². The smallest absolute Gasteiger partial charge is 0.545 e. The summed E-state index contributed by atoms with van der Waals surface area (Å²) in [5.74, 6) is -2.57. The Kier molecular flexibility index (Phi) is 4.93. The van der Waals surface area contributed by atoms with Gasteiger partial charge in [-0.25, -0.2) is 0 Å². The van der Waals surface area contributed by atoms with Gasteiger partial charge in [-0.1, -0.05) is 0 Å². The van der Waals surface area contributed by atoms with E-state index in [4.69, 9.17) is 0 Å². The average molecular weight is 276 g/mol. The topological polar surface area (TPSA) is 80.3 Å². The van der Waals surface area contributed by atoms with E-state index < -0.39 is 11.9 Å². The van der Waals surface area contributed by atoms with Crippen molar-refractivity contribution in [3.63, 3.8) is 0 Å². The van der Waals surface area contributed by atoms with E-state index in [0.717, 1.165) is 0 Å². The van der Waals surface area contributed by atoms with E-state index in [9.17, 15) is 19.8 Å². The molecule has 0 aliphatic carbocycles. The fraction of sp³-hybridized carbons (Fsp3) is 0.333. The quantitative estimate of drug-likeness (QED) is 0.691. The molecule has 0 unspecified atom stereocenters. The molecule has 0 fully saturated rings. The van der Waals surface area contributed by atoms with Crippen molar-refractivity contribution in [3.05, 3.63) is 33.4 Å². The number of carboxylic acids is 2. The van der Waals surface area contributed by atoms with Crippen LogP contribution in [0.2, 0.25) is 0 Å². The maximum atomic E-state index is 11.0. The number of hydrogen-bond donors (Lipinski definition) is 0.